The highest BCUT2D eigenvalue weighted by molar-refractivity contribution is 9.09. The molecule has 2 rings (SSSR count). The van der Waals surface area contributed by atoms with Crippen molar-refractivity contribution in [2.45, 2.75) is 6.92 Å². The third-order valence-corrected chi connectivity index (χ3v) is 4.02. The summed E-state index contributed by atoms with van der Waals surface area (Å²) < 4.78 is 5.34. The summed E-state index contributed by atoms with van der Waals surface area (Å²) in [6.07, 6.45) is 4.23. The van der Waals surface area contributed by atoms with Crippen molar-refractivity contribution in [3.63, 3.8) is 0 Å². The fraction of sp³-hybridized carbons (Fsp3) is 0.545. The second kappa shape index (κ2) is 5.80. The van der Waals surface area contributed by atoms with E-state index in [2.05, 4.69) is 44.9 Å². The molecule has 0 bridgehead atoms. The zero-order chi connectivity index (χ0) is 11.4. The highest BCUT2D eigenvalue weighted by atomic mass is 79.9. The molecule has 16 heavy (non-hydrogen) atoms. The third-order valence-electron chi connectivity index (χ3n) is 2.46. The van der Waals surface area contributed by atoms with Gasteiger partial charge in [0.05, 0.1) is 23.8 Å². The van der Waals surface area contributed by atoms with Crippen LogP contribution < -0.4 is 4.90 Å². The lowest BCUT2D eigenvalue weighted by Gasteiger charge is -2.25. The Morgan fingerprint density at radius 1 is 1.50 bits per heavy atom. The molecule has 5 heteroatoms. The number of alkyl halides is 1. The highest BCUT2D eigenvalue weighted by Gasteiger charge is 2.15. The maximum atomic E-state index is 5.34. The van der Waals surface area contributed by atoms with Crippen molar-refractivity contribution in [2.75, 3.05) is 36.5 Å². The number of aryl methyl sites for hydroxylation is 1. The monoisotopic (exact) mass is 302 g/mol. The minimum absolute atomic E-state index is 0.811. The van der Waals surface area contributed by atoms with Crippen molar-refractivity contribution in [1.29, 1.82) is 0 Å². The van der Waals surface area contributed by atoms with Crippen LogP contribution in [0.4, 0.5) is 5.13 Å². The van der Waals surface area contributed by atoms with E-state index in [0.29, 0.717) is 0 Å². The Morgan fingerprint density at radius 2 is 2.25 bits per heavy atom. The normalized spacial score (nSPS) is 17.2. The van der Waals surface area contributed by atoms with Gasteiger partial charge >= 0.3 is 0 Å². The molecule has 0 atom stereocenters. The molecule has 0 amide bonds. The first-order valence-corrected chi connectivity index (χ1v) is 7.27. The summed E-state index contributed by atoms with van der Waals surface area (Å²) in [4.78, 5) is 8.16. The van der Waals surface area contributed by atoms with E-state index in [9.17, 15) is 0 Å². The maximum absolute atomic E-state index is 5.34. The molecule has 0 unspecified atom stereocenters. The number of ether oxygens (including phenoxy) is 1. The molecule has 1 aliphatic rings. The molecule has 1 saturated heterocycles. The Balaban J connectivity index is 2.12. The minimum atomic E-state index is 0.811. The van der Waals surface area contributed by atoms with Crippen molar-refractivity contribution < 1.29 is 4.74 Å². The van der Waals surface area contributed by atoms with Crippen LogP contribution in [-0.2, 0) is 4.74 Å². The van der Waals surface area contributed by atoms with E-state index in [-0.39, 0.29) is 0 Å². The van der Waals surface area contributed by atoms with Gasteiger partial charge in [0.2, 0.25) is 0 Å². The third kappa shape index (κ3) is 2.84. The van der Waals surface area contributed by atoms with E-state index in [1.165, 1.54) is 4.88 Å². The molecule has 1 fully saturated rings. The SMILES string of the molecule is Cc1nc(N2CCOCC2)sc1C=CCBr. The first-order chi connectivity index (χ1) is 7.81. The number of thiazole rings is 1. The maximum Gasteiger partial charge on any atom is 0.186 e. The van der Waals surface area contributed by atoms with Gasteiger partial charge < -0.3 is 9.64 Å². The van der Waals surface area contributed by atoms with Gasteiger partial charge in [0, 0.05) is 18.4 Å². The number of morpholine rings is 1. The van der Waals surface area contributed by atoms with E-state index in [1.54, 1.807) is 11.3 Å². The van der Waals surface area contributed by atoms with Crippen LogP contribution in [0, 0.1) is 6.92 Å². The standard InChI is InChI=1S/C11H15BrN2OS/c1-9-10(3-2-4-12)16-11(13-9)14-5-7-15-8-6-14/h2-3H,4-8H2,1H3. The van der Waals surface area contributed by atoms with Crippen molar-refractivity contribution in [3.8, 4) is 0 Å². The van der Waals surface area contributed by atoms with Crippen molar-refractivity contribution in [2.24, 2.45) is 0 Å². The predicted octanol–water partition coefficient (Wildman–Crippen LogP) is 2.70. The zero-order valence-corrected chi connectivity index (χ0v) is 11.7. The van der Waals surface area contributed by atoms with Crippen LogP contribution in [0.15, 0.2) is 6.08 Å². The minimum Gasteiger partial charge on any atom is -0.378 e. The summed E-state index contributed by atoms with van der Waals surface area (Å²) in [5.41, 5.74) is 1.11. The summed E-state index contributed by atoms with van der Waals surface area (Å²) >= 11 is 5.14. The number of rotatable bonds is 3. The van der Waals surface area contributed by atoms with Crippen LogP contribution >= 0.6 is 27.3 Å². The topological polar surface area (TPSA) is 25.4 Å². The largest absolute Gasteiger partial charge is 0.378 e. The van der Waals surface area contributed by atoms with Gasteiger partial charge in [-0.2, -0.15) is 0 Å². The molecule has 1 aromatic rings. The first-order valence-electron chi connectivity index (χ1n) is 5.34. The van der Waals surface area contributed by atoms with E-state index >= 15 is 0 Å². The van der Waals surface area contributed by atoms with Gasteiger partial charge in [-0.05, 0) is 13.0 Å². The molecule has 0 radical (unpaired) electrons. The Bertz CT molecular complexity index is 372. The van der Waals surface area contributed by atoms with E-state index < -0.39 is 0 Å². The number of hydrogen-bond donors (Lipinski definition) is 0. The van der Waals surface area contributed by atoms with Crippen LogP contribution in [0.25, 0.3) is 6.08 Å². The fourth-order valence-electron chi connectivity index (χ4n) is 1.59. The van der Waals surface area contributed by atoms with Crippen LogP contribution in [0.1, 0.15) is 10.6 Å². The zero-order valence-electron chi connectivity index (χ0n) is 9.28. The lowest BCUT2D eigenvalue weighted by molar-refractivity contribution is 0.122. The van der Waals surface area contributed by atoms with E-state index in [0.717, 1.165) is 42.5 Å². The van der Waals surface area contributed by atoms with Crippen LogP contribution in [-0.4, -0.2) is 36.6 Å². The van der Waals surface area contributed by atoms with Crippen LogP contribution in [0.2, 0.25) is 0 Å². The quantitative estimate of drug-likeness (QED) is 0.803. The average Bonchev–Trinajstić information content (AvgIpc) is 2.69. The molecule has 2 heterocycles. The number of halogens is 1. The van der Waals surface area contributed by atoms with Crippen molar-refractivity contribution >= 4 is 38.5 Å². The van der Waals surface area contributed by atoms with E-state index in [1.807, 2.05) is 0 Å². The summed E-state index contributed by atoms with van der Waals surface area (Å²) in [5, 5.41) is 2.01. The highest BCUT2D eigenvalue weighted by Crippen LogP contribution is 2.27. The van der Waals surface area contributed by atoms with Gasteiger partial charge in [-0.15, -0.1) is 0 Å². The molecular formula is C11H15BrN2OS. The molecule has 0 spiro atoms. The summed E-state index contributed by atoms with van der Waals surface area (Å²) in [6.45, 7) is 5.59. The van der Waals surface area contributed by atoms with Gasteiger partial charge in [0.25, 0.3) is 0 Å². The van der Waals surface area contributed by atoms with Gasteiger partial charge in [0.15, 0.2) is 5.13 Å². The summed E-state index contributed by atoms with van der Waals surface area (Å²) in [6, 6.07) is 0. The Kier molecular flexibility index (Phi) is 4.37. The molecule has 88 valence electrons. The van der Waals surface area contributed by atoms with Gasteiger partial charge in [-0.25, -0.2) is 4.98 Å². The molecule has 1 aliphatic heterocycles. The van der Waals surface area contributed by atoms with Crippen LogP contribution in [0.3, 0.4) is 0 Å². The lowest BCUT2D eigenvalue weighted by Crippen LogP contribution is -2.36. The predicted molar refractivity (Wildman–Crippen MR) is 72.7 cm³/mol. The first kappa shape index (κ1) is 12.1. The molecule has 0 N–H and O–H groups in total. The van der Waals surface area contributed by atoms with Crippen LogP contribution in [0.5, 0.6) is 0 Å². The number of hydrogen-bond acceptors (Lipinski definition) is 4. The lowest BCUT2D eigenvalue weighted by atomic mass is 10.4. The summed E-state index contributed by atoms with van der Waals surface area (Å²) in [5.74, 6) is 0. The molecule has 0 aliphatic carbocycles. The number of nitrogens with zero attached hydrogens (tertiary/aromatic N) is 2. The van der Waals surface area contributed by atoms with E-state index in [4.69, 9.17) is 4.74 Å². The van der Waals surface area contributed by atoms with Gasteiger partial charge in [-0.3, -0.25) is 0 Å². The summed E-state index contributed by atoms with van der Waals surface area (Å²) in [7, 11) is 0. The smallest absolute Gasteiger partial charge is 0.186 e. The number of allylic oxidation sites excluding steroid dienone is 1. The molecule has 0 saturated carbocycles. The fourth-order valence-corrected chi connectivity index (χ4v) is 2.83. The molecule has 3 nitrogen and oxygen atoms in total. The second-order valence-electron chi connectivity index (χ2n) is 3.60. The average molecular weight is 303 g/mol. The second-order valence-corrected chi connectivity index (χ2v) is 5.26. The Hall–Kier alpha value is -0.390. The van der Waals surface area contributed by atoms with Crippen molar-refractivity contribution in [1.82, 2.24) is 4.98 Å². The van der Waals surface area contributed by atoms with Gasteiger partial charge in [-0.1, -0.05) is 33.3 Å². The van der Waals surface area contributed by atoms with Gasteiger partial charge in [0.1, 0.15) is 0 Å². The number of aromatic nitrogens is 1. The number of anilines is 1. The van der Waals surface area contributed by atoms with Crippen molar-refractivity contribution in [3.05, 3.63) is 16.6 Å². The Labute approximate surface area is 108 Å². The molecule has 0 aromatic carbocycles. The molecule has 1 aromatic heterocycles. The Morgan fingerprint density at radius 3 is 2.94 bits per heavy atom. The molecular weight excluding hydrogens is 288 g/mol.